The summed E-state index contributed by atoms with van der Waals surface area (Å²) >= 11 is 0. The van der Waals surface area contributed by atoms with Crippen molar-refractivity contribution in [2.75, 3.05) is 10.6 Å². The number of rotatable bonds is 4. The van der Waals surface area contributed by atoms with Gasteiger partial charge in [-0.3, -0.25) is 9.59 Å². The third kappa shape index (κ3) is 4.52. The monoisotopic (exact) mass is 367 g/mol. The number of carbonyl (C=O) groups is 2. The van der Waals surface area contributed by atoms with Crippen LogP contribution >= 0.6 is 0 Å². The first-order chi connectivity index (χ1) is 12.9. The van der Waals surface area contributed by atoms with Crippen molar-refractivity contribution >= 4 is 23.2 Å². The van der Waals surface area contributed by atoms with Crippen LogP contribution in [0.3, 0.4) is 0 Å². The molecule has 7 heteroatoms. The predicted molar refractivity (Wildman–Crippen MR) is 97.7 cm³/mol. The Hall–Kier alpha value is -3.61. The zero-order valence-corrected chi connectivity index (χ0v) is 14.3. The van der Waals surface area contributed by atoms with Gasteiger partial charge in [-0.2, -0.15) is 0 Å². The van der Waals surface area contributed by atoms with E-state index in [-0.39, 0.29) is 17.1 Å². The standard InChI is InChI=1S/C20H15F2N3O2/c1-12-4-2-5-14(10-12)23-19(26)17-6-3-7-18(24-17)20(27)25-16-9-8-13(21)11-15(16)22/h2-11H,1H3,(H,23,26)(H,25,27). The summed E-state index contributed by atoms with van der Waals surface area (Å²) in [4.78, 5) is 28.6. The lowest BCUT2D eigenvalue weighted by atomic mass is 10.2. The lowest BCUT2D eigenvalue weighted by Gasteiger charge is -2.08. The number of pyridine rings is 1. The van der Waals surface area contributed by atoms with Crippen LogP contribution in [-0.2, 0) is 0 Å². The minimum Gasteiger partial charge on any atom is -0.321 e. The van der Waals surface area contributed by atoms with Crippen LogP contribution < -0.4 is 10.6 Å². The quantitative estimate of drug-likeness (QED) is 0.727. The molecule has 0 spiro atoms. The van der Waals surface area contributed by atoms with Crippen LogP contribution in [0.1, 0.15) is 26.5 Å². The molecule has 0 saturated carbocycles. The molecule has 2 N–H and O–H groups in total. The van der Waals surface area contributed by atoms with Gasteiger partial charge in [-0.1, -0.05) is 18.2 Å². The molecule has 0 aliphatic carbocycles. The number of benzene rings is 2. The number of aryl methyl sites for hydroxylation is 1. The van der Waals surface area contributed by atoms with Crippen LogP contribution in [0.2, 0.25) is 0 Å². The van der Waals surface area contributed by atoms with E-state index in [1.165, 1.54) is 18.2 Å². The summed E-state index contributed by atoms with van der Waals surface area (Å²) in [5.41, 5.74) is 1.36. The molecule has 0 fully saturated rings. The molecule has 0 aliphatic heterocycles. The molecule has 0 radical (unpaired) electrons. The summed E-state index contributed by atoms with van der Waals surface area (Å²) in [5.74, 6) is -2.86. The van der Waals surface area contributed by atoms with Crippen LogP contribution in [0.15, 0.2) is 60.7 Å². The van der Waals surface area contributed by atoms with Gasteiger partial charge in [-0.25, -0.2) is 13.8 Å². The fraction of sp³-hybridized carbons (Fsp3) is 0.0500. The molecule has 3 aromatic rings. The Balaban J connectivity index is 1.76. The number of hydrogen-bond donors (Lipinski definition) is 2. The molecule has 0 saturated heterocycles. The first kappa shape index (κ1) is 18.2. The maximum absolute atomic E-state index is 13.7. The summed E-state index contributed by atoms with van der Waals surface area (Å²) in [6, 6.07) is 14.4. The lowest BCUT2D eigenvalue weighted by molar-refractivity contribution is 0.101. The minimum absolute atomic E-state index is 0.0312. The van der Waals surface area contributed by atoms with Gasteiger partial charge >= 0.3 is 0 Å². The Bertz CT molecular complexity index is 1020. The molecular formula is C20H15F2N3O2. The zero-order valence-electron chi connectivity index (χ0n) is 14.3. The summed E-state index contributed by atoms with van der Waals surface area (Å²) in [7, 11) is 0. The van der Waals surface area contributed by atoms with Crippen molar-refractivity contribution in [1.29, 1.82) is 0 Å². The zero-order chi connectivity index (χ0) is 19.4. The highest BCUT2D eigenvalue weighted by Gasteiger charge is 2.14. The molecule has 2 amide bonds. The van der Waals surface area contributed by atoms with Gasteiger partial charge in [0.1, 0.15) is 23.0 Å². The number of amides is 2. The first-order valence-electron chi connectivity index (χ1n) is 8.04. The first-order valence-corrected chi connectivity index (χ1v) is 8.04. The predicted octanol–water partition coefficient (Wildman–Crippen LogP) is 4.17. The van der Waals surface area contributed by atoms with Crippen molar-refractivity contribution in [2.24, 2.45) is 0 Å². The van der Waals surface area contributed by atoms with Gasteiger partial charge in [0.2, 0.25) is 0 Å². The fourth-order valence-electron chi connectivity index (χ4n) is 2.38. The highest BCUT2D eigenvalue weighted by molar-refractivity contribution is 6.06. The van der Waals surface area contributed by atoms with Crippen LogP contribution in [0.5, 0.6) is 0 Å². The molecule has 0 aliphatic rings. The highest BCUT2D eigenvalue weighted by atomic mass is 19.1. The molecule has 27 heavy (non-hydrogen) atoms. The fourth-order valence-corrected chi connectivity index (χ4v) is 2.38. The van der Waals surface area contributed by atoms with Gasteiger partial charge in [0, 0.05) is 11.8 Å². The van der Waals surface area contributed by atoms with Crippen molar-refractivity contribution in [3.63, 3.8) is 0 Å². The van der Waals surface area contributed by atoms with Gasteiger partial charge < -0.3 is 10.6 Å². The topological polar surface area (TPSA) is 71.1 Å². The van der Waals surface area contributed by atoms with E-state index in [1.54, 1.807) is 18.2 Å². The third-order valence-corrected chi connectivity index (χ3v) is 3.67. The van der Waals surface area contributed by atoms with Crippen molar-refractivity contribution in [1.82, 2.24) is 4.98 Å². The SMILES string of the molecule is Cc1cccc(NC(=O)c2cccc(C(=O)Nc3ccc(F)cc3F)n2)c1. The van der Waals surface area contributed by atoms with Crippen molar-refractivity contribution in [2.45, 2.75) is 6.92 Å². The molecule has 0 bridgehead atoms. The Morgan fingerprint density at radius 3 is 2.19 bits per heavy atom. The van der Waals surface area contributed by atoms with Gasteiger partial charge in [0.25, 0.3) is 11.8 Å². The summed E-state index contributed by atoms with van der Waals surface area (Å²) in [6.45, 7) is 1.90. The van der Waals surface area contributed by atoms with Gasteiger partial charge in [-0.15, -0.1) is 0 Å². The number of halogens is 2. The normalized spacial score (nSPS) is 10.3. The molecular weight excluding hydrogens is 352 g/mol. The summed E-state index contributed by atoms with van der Waals surface area (Å²) in [5, 5.41) is 5.00. The molecule has 5 nitrogen and oxygen atoms in total. The minimum atomic E-state index is -0.906. The molecule has 0 unspecified atom stereocenters. The molecule has 0 atom stereocenters. The molecule has 1 heterocycles. The Morgan fingerprint density at radius 2 is 1.52 bits per heavy atom. The second-order valence-corrected chi connectivity index (χ2v) is 5.81. The molecule has 3 rings (SSSR count). The van der Waals surface area contributed by atoms with Crippen LogP contribution in [0.4, 0.5) is 20.2 Å². The number of anilines is 2. The van der Waals surface area contributed by atoms with E-state index in [1.807, 2.05) is 13.0 Å². The van der Waals surface area contributed by atoms with E-state index >= 15 is 0 Å². The van der Waals surface area contributed by atoms with Gasteiger partial charge in [-0.05, 0) is 48.9 Å². The third-order valence-electron chi connectivity index (χ3n) is 3.67. The van der Waals surface area contributed by atoms with Crippen LogP contribution in [-0.4, -0.2) is 16.8 Å². The number of aromatic nitrogens is 1. The number of nitrogens with one attached hydrogen (secondary N) is 2. The molecule has 1 aromatic heterocycles. The summed E-state index contributed by atoms with van der Waals surface area (Å²) in [6.07, 6.45) is 0. The van der Waals surface area contributed by atoms with E-state index in [2.05, 4.69) is 15.6 Å². The van der Waals surface area contributed by atoms with Gasteiger partial charge in [0.05, 0.1) is 5.69 Å². The van der Waals surface area contributed by atoms with E-state index in [0.717, 1.165) is 17.7 Å². The van der Waals surface area contributed by atoms with Crippen LogP contribution in [0.25, 0.3) is 0 Å². The maximum atomic E-state index is 13.7. The Kier molecular flexibility index (Phi) is 5.21. The average Bonchev–Trinajstić information content (AvgIpc) is 2.64. The maximum Gasteiger partial charge on any atom is 0.274 e. The van der Waals surface area contributed by atoms with E-state index in [9.17, 15) is 18.4 Å². The smallest absolute Gasteiger partial charge is 0.274 e. The number of nitrogens with zero attached hydrogens (tertiary/aromatic N) is 1. The van der Waals surface area contributed by atoms with Crippen molar-refractivity contribution in [3.05, 3.63) is 89.2 Å². The average molecular weight is 367 g/mol. The number of carbonyl (C=O) groups excluding carboxylic acids is 2. The van der Waals surface area contributed by atoms with E-state index in [4.69, 9.17) is 0 Å². The Labute approximate surface area is 154 Å². The second kappa shape index (κ2) is 7.74. The molecule has 2 aromatic carbocycles. The highest BCUT2D eigenvalue weighted by Crippen LogP contribution is 2.16. The lowest BCUT2D eigenvalue weighted by Crippen LogP contribution is -2.19. The second-order valence-electron chi connectivity index (χ2n) is 5.81. The van der Waals surface area contributed by atoms with Crippen LogP contribution in [0, 0.1) is 18.6 Å². The van der Waals surface area contributed by atoms with Crippen molar-refractivity contribution in [3.8, 4) is 0 Å². The molecule has 136 valence electrons. The summed E-state index contributed by atoms with van der Waals surface area (Å²) < 4.78 is 26.6. The van der Waals surface area contributed by atoms with E-state index in [0.29, 0.717) is 11.8 Å². The van der Waals surface area contributed by atoms with E-state index < -0.39 is 23.4 Å². The Morgan fingerprint density at radius 1 is 0.852 bits per heavy atom. The largest absolute Gasteiger partial charge is 0.321 e. The number of hydrogen-bond acceptors (Lipinski definition) is 3. The van der Waals surface area contributed by atoms with Gasteiger partial charge in [0.15, 0.2) is 0 Å². The van der Waals surface area contributed by atoms with Crippen molar-refractivity contribution < 1.29 is 18.4 Å².